The summed E-state index contributed by atoms with van der Waals surface area (Å²) in [5.41, 5.74) is 1.14. The van der Waals surface area contributed by atoms with Crippen LogP contribution in [-0.4, -0.2) is 35.0 Å². The van der Waals surface area contributed by atoms with Gasteiger partial charge in [-0.05, 0) is 18.2 Å². The van der Waals surface area contributed by atoms with Crippen molar-refractivity contribution in [2.75, 3.05) is 19.4 Å². The number of carbonyl (C=O) groups is 1. The second-order valence-corrected chi connectivity index (χ2v) is 6.07. The Morgan fingerprint density at radius 1 is 1.41 bits per heavy atom. The number of hydrogen-bond acceptors (Lipinski definition) is 4. The summed E-state index contributed by atoms with van der Waals surface area (Å²) in [6, 6.07) is 7.17. The van der Waals surface area contributed by atoms with Crippen LogP contribution in [-0.2, 0) is 0 Å². The third-order valence-electron chi connectivity index (χ3n) is 3.20. The maximum Gasteiger partial charge on any atom is 0.261 e. The van der Waals surface area contributed by atoms with Crippen molar-refractivity contribution in [3.63, 3.8) is 0 Å². The monoisotopic (exact) mass is 335 g/mol. The number of aromatic nitrogens is 1. The highest BCUT2D eigenvalue weighted by Crippen LogP contribution is 2.30. The van der Waals surface area contributed by atoms with Gasteiger partial charge in [0.25, 0.3) is 5.91 Å². The number of hydrogen-bond donors (Lipinski definition) is 1. The molecule has 0 fully saturated rings. The molecule has 0 saturated heterocycles. The summed E-state index contributed by atoms with van der Waals surface area (Å²) in [7, 11) is 1.53. The molecule has 3 rings (SSSR count). The number of amides is 1. The van der Waals surface area contributed by atoms with Gasteiger partial charge < -0.3 is 14.6 Å². The lowest BCUT2D eigenvalue weighted by molar-refractivity contribution is 0.0975. The Kier molecular flexibility index (Phi) is 4.40. The number of benzene rings is 1. The van der Waals surface area contributed by atoms with Gasteiger partial charge in [0.1, 0.15) is 5.75 Å². The first-order valence-electron chi connectivity index (χ1n) is 6.68. The minimum Gasteiger partial charge on any atom is -0.496 e. The Labute approximate surface area is 137 Å². The van der Waals surface area contributed by atoms with Gasteiger partial charge >= 0.3 is 0 Å². The van der Waals surface area contributed by atoms with Crippen LogP contribution in [0.15, 0.2) is 41.7 Å². The number of amidine groups is 1. The number of rotatable bonds is 3. The summed E-state index contributed by atoms with van der Waals surface area (Å²) >= 11 is 7.84. The number of nitrogens with one attached hydrogen (secondary N) is 1. The van der Waals surface area contributed by atoms with E-state index in [0.717, 1.165) is 18.0 Å². The zero-order chi connectivity index (χ0) is 15.5. The molecule has 2 heterocycles. The van der Waals surface area contributed by atoms with E-state index in [1.165, 1.54) is 18.9 Å². The topological polar surface area (TPSA) is 55.6 Å². The van der Waals surface area contributed by atoms with Crippen molar-refractivity contribution < 1.29 is 9.53 Å². The minimum absolute atomic E-state index is 0.272. The fourth-order valence-corrected chi connectivity index (χ4v) is 3.14. The zero-order valence-corrected chi connectivity index (χ0v) is 13.4. The molecule has 1 amide bonds. The summed E-state index contributed by atoms with van der Waals surface area (Å²) in [5.74, 6) is 1.08. The van der Waals surface area contributed by atoms with Gasteiger partial charge in [0, 0.05) is 24.2 Å². The SMILES string of the molecule is COc1cc(-n2cccc2)c(Cl)cc1C(=O)NC1=NCCS1. The van der Waals surface area contributed by atoms with Crippen LogP contribution in [0.2, 0.25) is 5.02 Å². The number of thioether (sulfide) groups is 1. The third-order valence-corrected chi connectivity index (χ3v) is 4.40. The highest BCUT2D eigenvalue weighted by molar-refractivity contribution is 8.14. The molecule has 0 atom stereocenters. The van der Waals surface area contributed by atoms with Crippen molar-refractivity contribution in [3.05, 3.63) is 47.2 Å². The first-order valence-corrected chi connectivity index (χ1v) is 8.05. The van der Waals surface area contributed by atoms with Crippen molar-refractivity contribution in [2.24, 2.45) is 4.99 Å². The molecule has 0 spiro atoms. The summed E-state index contributed by atoms with van der Waals surface area (Å²) in [6.07, 6.45) is 3.76. The number of aliphatic imine (C=N–C) groups is 1. The van der Waals surface area contributed by atoms with E-state index in [0.29, 0.717) is 21.5 Å². The predicted molar refractivity (Wildman–Crippen MR) is 89.6 cm³/mol. The first kappa shape index (κ1) is 15.0. The Balaban J connectivity index is 1.94. The van der Waals surface area contributed by atoms with Gasteiger partial charge in [-0.25, -0.2) is 0 Å². The van der Waals surface area contributed by atoms with Crippen LogP contribution in [0.5, 0.6) is 5.75 Å². The molecule has 22 heavy (non-hydrogen) atoms. The minimum atomic E-state index is -0.272. The standard InChI is InChI=1S/C15H14ClN3O2S/c1-21-13-9-12(19-5-2-3-6-19)11(16)8-10(13)14(20)18-15-17-4-7-22-15/h2-3,5-6,8-9H,4,7H2,1H3,(H,17,18,20). The molecule has 0 aliphatic carbocycles. The van der Waals surface area contributed by atoms with E-state index in [1.807, 2.05) is 29.1 Å². The third kappa shape index (κ3) is 2.98. The number of halogens is 1. The van der Waals surface area contributed by atoms with Gasteiger partial charge in [-0.2, -0.15) is 0 Å². The van der Waals surface area contributed by atoms with Crippen LogP contribution in [0.1, 0.15) is 10.4 Å². The summed E-state index contributed by atoms with van der Waals surface area (Å²) in [4.78, 5) is 16.6. The first-order chi connectivity index (χ1) is 10.7. The molecule has 1 aliphatic heterocycles. The maximum absolute atomic E-state index is 12.4. The fraction of sp³-hybridized carbons (Fsp3) is 0.200. The molecule has 1 N–H and O–H groups in total. The summed E-state index contributed by atoms with van der Waals surface area (Å²) in [5, 5.41) is 3.89. The molecular weight excluding hydrogens is 322 g/mol. The molecule has 1 aromatic carbocycles. The summed E-state index contributed by atoms with van der Waals surface area (Å²) < 4.78 is 7.21. The number of methoxy groups -OCH3 is 1. The lowest BCUT2D eigenvalue weighted by Crippen LogP contribution is -2.27. The van der Waals surface area contributed by atoms with Crippen LogP contribution >= 0.6 is 23.4 Å². The van der Waals surface area contributed by atoms with Gasteiger partial charge in [0.05, 0.1) is 29.9 Å². The second kappa shape index (κ2) is 6.46. The Morgan fingerprint density at radius 2 is 2.18 bits per heavy atom. The van der Waals surface area contributed by atoms with E-state index in [9.17, 15) is 4.79 Å². The smallest absolute Gasteiger partial charge is 0.261 e. The molecule has 0 bridgehead atoms. The van der Waals surface area contributed by atoms with Crippen LogP contribution < -0.4 is 10.1 Å². The Bertz CT molecular complexity index is 729. The molecule has 0 unspecified atom stereocenters. The molecule has 5 nitrogen and oxygen atoms in total. The zero-order valence-electron chi connectivity index (χ0n) is 11.9. The number of nitrogens with zero attached hydrogens (tertiary/aromatic N) is 2. The highest BCUT2D eigenvalue weighted by Gasteiger charge is 2.19. The highest BCUT2D eigenvalue weighted by atomic mass is 35.5. The Morgan fingerprint density at radius 3 is 2.82 bits per heavy atom. The molecule has 2 aromatic rings. The van der Waals surface area contributed by atoms with Gasteiger partial charge in [0.15, 0.2) is 5.17 Å². The second-order valence-electron chi connectivity index (χ2n) is 4.58. The quantitative estimate of drug-likeness (QED) is 0.938. The Hall–Kier alpha value is -1.92. The van der Waals surface area contributed by atoms with Crippen molar-refractivity contribution in [1.82, 2.24) is 9.88 Å². The number of carbonyl (C=O) groups excluding carboxylic acids is 1. The predicted octanol–water partition coefficient (Wildman–Crippen LogP) is 2.97. The van der Waals surface area contributed by atoms with Crippen molar-refractivity contribution in [2.45, 2.75) is 0 Å². The van der Waals surface area contributed by atoms with Gasteiger partial charge in [-0.15, -0.1) is 0 Å². The van der Waals surface area contributed by atoms with E-state index in [-0.39, 0.29) is 5.91 Å². The average molecular weight is 336 g/mol. The average Bonchev–Trinajstić information content (AvgIpc) is 3.20. The van der Waals surface area contributed by atoms with Gasteiger partial charge in [0.2, 0.25) is 0 Å². The molecule has 1 aliphatic rings. The van der Waals surface area contributed by atoms with E-state index in [2.05, 4.69) is 10.3 Å². The van der Waals surface area contributed by atoms with E-state index in [4.69, 9.17) is 16.3 Å². The van der Waals surface area contributed by atoms with Crippen molar-refractivity contribution >= 4 is 34.4 Å². The van der Waals surface area contributed by atoms with Crippen molar-refractivity contribution in [3.8, 4) is 11.4 Å². The lowest BCUT2D eigenvalue weighted by atomic mass is 10.1. The molecule has 114 valence electrons. The largest absolute Gasteiger partial charge is 0.496 e. The van der Waals surface area contributed by atoms with Crippen LogP contribution in [0, 0.1) is 0 Å². The molecular formula is C15H14ClN3O2S. The van der Waals surface area contributed by atoms with Crippen LogP contribution in [0.4, 0.5) is 0 Å². The van der Waals surface area contributed by atoms with Crippen LogP contribution in [0.25, 0.3) is 5.69 Å². The fourth-order valence-electron chi connectivity index (χ4n) is 2.16. The van der Waals surface area contributed by atoms with E-state index >= 15 is 0 Å². The molecule has 1 aromatic heterocycles. The molecule has 7 heteroatoms. The van der Waals surface area contributed by atoms with Gasteiger partial charge in [-0.1, -0.05) is 23.4 Å². The van der Waals surface area contributed by atoms with Crippen molar-refractivity contribution in [1.29, 1.82) is 0 Å². The van der Waals surface area contributed by atoms with Gasteiger partial charge in [-0.3, -0.25) is 9.79 Å². The van der Waals surface area contributed by atoms with E-state index in [1.54, 1.807) is 12.1 Å². The normalized spacial score (nSPS) is 13.8. The molecule has 0 saturated carbocycles. The van der Waals surface area contributed by atoms with E-state index < -0.39 is 0 Å². The molecule has 0 radical (unpaired) electrons. The maximum atomic E-state index is 12.4. The number of ether oxygens (including phenoxy) is 1. The lowest BCUT2D eigenvalue weighted by Gasteiger charge is -2.13. The summed E-state index contributed by atoms with van der Waals surface area (Å²) in [6.45, 7) is 0.727. The van der Waals surface area contributed by atoms with Crippen LogP contribution in [0.3, 0.4) is 0 Å².